The number of likely N-dealkylation sites (tertiary alicyclic amines) is 1. The molecule has 2 aromatic rings. The minimum atomic E-state index is -0.0667. The van der Waals surface area contributed by atoms with Gasteiger partial charge in [-0.2, -0.15) is 0 Å². The van der Waals surface area contributed by atoms with Crippen molar-refractivity contribution in [3.63, 3.8) is 0 Å². The first-order chi connectivity index (χ1) is 12.2. The quantitative estimate of drug-likeness (QED) is 0.872. The van der Waals surface area contributed by atoms with Gasteiger partial charge in [0.2, 0.25) is 0 Å². The number of rotatable bonds is 6. The molecule has 6 heteroatoms. The van der Waals surface area contributed by atoms with E-state index in [0.717, 1.165) is 43.1 Å². The molecule has 132 valence electrons. The number of carbonyl (C=O) groups is 1. The SMILES string of the molecule is COc1cc(CN2CCC(NC(=O)c3cccnc3)C2)cc(OC)c1. The molecule has 0 saturated carbocycles. The third-order valence-electron chi connectivity index (χ3n) is 4.35. The Hall–Kier alpha value is -2.60. The number of benzene rings is 1. The highest BCUT2D eigenvalue weighted by atomic mass is 16.5. The van der Waals surface area contributed by atoms with Crippen LogP contribution in [0.25, 0.3) is 0 Å². The third-order valence-corrected chi connectivity index (χ3v) is 4.35. The van der Waals surface area contributed by atoms with Crippen molar-refractivity contribution in [1.29, 1.82) is 0 Å². The van der Waals surface area contributed by atoms with E-state index in [1.165, 1.54) is 0 Å². The fourth-order valence-electron chi connectivity index (χ4n) is 3.08. The predicted molar refractivity (Wildman–Crippen MR) is 94.9 cm³/mol. The third kappa shape index (κ3) is 4.48. The summed E-state index contributed by atoms with van der Waals surface area (Å²) in [6.07, 6.45) is 4.19. The van der Waals surface area contributed by atoms with Crippen molar-refractivity contribution in [2.24, 2.45) is 0 Å². The van der Waals surface area contributed by atoms with Gasteiger partial charge in [0.05, 0.1) is 19.8 Å². The standard InChI is InChI=1S/C19H23N3O3/c1-24-17-8-14(9-18(10-17)25-2)12-22-7-5-16(13-22)21-19(23)15-4-3-6-20-11-15/h3-4,6,8-11,16H,5,7,12-13H2,1-2H3,(H,21,23). The van der Waals surface area contributed by atoms with Gasteiger partial charge in [-0.15, -0.1) is 0 Å². The van der Waals surface area contributed by atoms with Crippen molar-refractivity contribution < 1.29 is 14.3 Å². The van der Waals surface area contributed by atoms with Crippen LogP contribution in [0, 0.1) is 0 Å². The molecule has 25 heavy (non-hydrogen) atoms. The predicted octanol–water partition coefficient (Wildman–Crippen LogP) is 2.10. The molecule has 0 radical (unpaired) electrons. The second-order valence-electron chi connectivity index (χ2n) is 6.16. The lowest BCUT2D eigenvalue weighted by atomic mass is 10.2. The second kappa shape index (κ2) is 7.98. The summed E-state index contributed by atoms with van der Waals surface area (Å²) in [5.41, 5.74) is 1.73. The van der Waals surface area contributed by atoms with E-state index in [1.807, 2.05) is 18.2 Å². The van der Waals surface area contributed by atoms with Crippen molar-refractivity contribution in [2.45, 2.75) is 19.0 Å². The summed E-state index contributed by atoms with van der Waals surface area (Å²) in [7, 11) is 3.30. The number of hydrogen-bond acceptors (Lipinski definition) is 5. The minimum Gasteiger partial charge on any atom is -0.497 e. The zero-order valence-electron chi connectivity index (χ0n) is 14.6. The van der Waals surface area contributed by atoms with Gasteiger partial charge in [0.25, 0.3) is 5.91 Å². The normalized spacial score (nSPS) is 17.3. The smallest absolute Gasteiger partial charge is 0.253 e. The summed E-state index contributed by atoms with van der Waals surface area (Å²) < 4.78 is 10.6. The molecule has 1 aliphatic heterocycles. The number of aromatic nitrogens is 1. The Morgan fingerprint density at radius 3 is 2.68 bits per heavy atom. The fourth-order valence-corrected chi connectivity index (χ4v) is 3.08. The minimum absolute atomic E-state index is 0.0667. The monoisotopic (exact) mass is 341 g/mol. The van der Waals surface area contributed by atoms with Crippen LogP contribution in [0.5, 0.6) is 11.5 Å². The lowest BCUT2D eigenvalue weighted by Crippen LogP contribution is -2.37. The van der Waals surface area contributed by atoms with E-state index < -0.39 is 0 Å². The highest BCUT2D eigenvalue weighted by molar-refractivity contribution is 5.94. The molecule has 3 rings (SSSR count). The molecular formula is C19H23N3O3. The summed E-state index contributed by atoms with van der Waals surface area (Å²) in [5.74, 6) is 1.51. The number of pyridine rings is 1. The maximum Gasteiger partial charge on any atom is 0.253 e. The Labute approximate surface area is 147 Å². The first kappa shape index (κ1) is 17.2. The van der Waals surface area contributed by atoms with Crippen LogP contribution in [0.15, 0.2) is 42.7 Å². The first-order valence-electron chi connectivity index (χ1n) is 8.33. The van der Waals surface area contributed by atoms with Gasteiger partial charge in [0, 0.05) is 44.1 Å². The Bertz CT molecular complexity index is 699. The van der Waals surface area contributed by atoms with E-state index in [2.05, 4.69) is 15.2 Å². The van der Waals surface area contributed by atoms with Gasteiger partial charge in [-0.25, -0.2) is 0 Å². The van der Waals surface area contributed by atoms with Gasteiger partial charge < -0.3 is 14.8 Å². The molecule has 1 N–H and O–H groups in total. The summed E-state index contributed by atoms with van der Waals surface area (Å²) in [6, 6.07) is 9.60. The summed E-state index contributed by atoms with van der Waals surface area (Å²) in [5, 5.41) is 3.09. The number of nitrogens with zero attached hydrogens (tertiary/aromatic N) is 2. The molecule has 1 unspecified atom stereocenters. The first-order valence-corrected chi connectivity index (χ1v) is 8.33. The van der Waals surface area contributed by atoms with Gasteiger partial charge in [-0.1, -0.05) is 0 Å². The molecule has 1 aliphatic rings. The average molecular weight is 341 g/mol. The molecule has 1 saturated heterocycles. The molecule has 6 nitrogen and oxygen atoms in total. The van der Waals surface area contributed by atoms with E-state index in [9.17, 15) is 4.79 Å². The second-order valence-corrected chi connectivity index (χ2v) is 6.16. The van der Waals surface area contributed by atoms with Crippen LogP contribution in [0.1, 0.15) is 22.3 Å². The molecule has 1 amide bonds. The Balaban J connectivity index is 1.57. The summed E-state index contributed by atoms with van der Waals surface area (Å²) >= 11 is 0. The van der Waals surface area contributed by atoms with Gasteiger partial charge >= 0.3 is 0 Å². The van der Waals surface area contributed by atoms with Crippen molar-refractivity contribution in [3.8, 4) is 11.5 Å². The van der Waals surface area contributed by atoms with Crippen LogP contribution < -0.4 is 14.8 Å². The number of nitrogens with one attached hydrogen (secondary N) is 1. The number of methoxy groups -OCH3 is 2. The Morgan fingerprint density at radius 2 is 2.04 bits per heavy atom. The Kier molecular flexibility index (Phi) is 5.50. The Morgan fingerprint density at radius 1 is 1.28 bits per heavy atom. The number of carbonyl (C=O) groups excluding carboxylic acids is 1. The van der Waals surface area contributed by atoms with Crippen LogP contribution >= 0.6 is 0 Å². The number of ether oxygens (including phenoxy) is 2. The van der Waals surface area contributed by atoms with E-state index in [0.29, 0.717) is 5.56 Å². The molecule has 1 aromatic heterocycles. The molecular weight excluding hydrogens is 318 g/mol. The maximum absolute atomic E-state index is 12.2. The number of amides is 1. The lowest BCUT2D eigenvalue weighted by Gasteiger charge is -2.18. The summed E-state index contributed by atoms with van der Waals surface area (Å²) in [4.78, 5) is 18.5. The molecule has 0 spiro atoms. The zero-order chi connectivity index (χ0) is 17.6. The van der Waals surface area contributed by atoms with Gasteiger partial charge in [-0.3, -0.25) is 14.7 Å². The van der Waals surface area contributed by atoms with E-state index in [4.69, 9.17) is 9.47 Å². The van der Waals surface area contributed by atoms with Gasteiger partial charge in [0.1, 0.15) is 11.5 Å². The fraction of sp³-hybridized carbons (Fsp3) is 0.368. The van der Waals surface area contributed by atoms with Crippen LogP contribution in [-0.2, 0) is 6.54 Å². The highest BCUT2D eigenvalue weighted by Gasteiger charge is 2.24. The van der Waals surface area contributed by atoms with Crippen molar-refractivity contribution in [2.75, 3.05) is 27.3 Å². The lowest BCUT2D eigenvalue weighted by molar-refractivity contribution is 0.0937. The average Bonchev–Trinajstić information content (AvgIpc) is 3.08. The van der Waals surface area contributed by atoms with Crippen molar-refractivity contribution >= 4 is 5.91 Å². The van der Waals surface area contributed by atoms with Gasteiger partial charge in [-0.05, 0) is 36.2 Å². The molecule has 1 atom stereocenters. The van der Waals surface area contributed by atoms with Crippen molar-refractivity contribution in [3.05, 3.63) is 53.9 Å². The molecule has 0 aliphatic carbocycles. The summed E-state index contributed by atoms with van der Waals surface area (Å²) in [6.45, 7) is 2.57. The van der Waals surface area contributed by atoms with Gasteiger partial charge in [0.15, 0.2) is 0 Å². The van der Waals surface area contributed by atoms with E-state index in [-0.39, 0.29) is 11.9 Å². The van der Waals surface area contributed by atoms with E-state index in [1.54, 1.807) is 38.7 Å². The van der Waals surface area contributed by atoms with Crippen molar-refractivity contribution in [1.82, 2.24) is 15.2 Å². The van der Waals surface area contributed by atoms with Crippen LogP contribution in [-0.4, -0.2) is 49.1 Å². The zero-order valence-corrected chi connectivity index (χ0v) is 14.6. The molecule has 2 heterocycles. The number of hydrogen-bond donors (Lipinski definition) is 1. The highest BCUT2D eigenvalue weighted by Crippen LogP contribution is 2.24. The topological polar surface area (TPSA) is 63.7 Å². The largest absolute Gasteiger partial charge is 0.497 e. The van der Waals surface area contributed by atoms with Crippen LogP contribution in [0.4, 0.5) is 0 Å². The molecule has 1 fully saturated rings. The molecule has 1 aromatic carbocycles. The van der Waals surface area contributed by atoms with Crippen LogP contribution in [0.3, 0.4) is 0 Å². The molecule has 0 bridgehead atoms. The van der Waals surface area contributed by atoms with E-state index >= 15 is 0 Å². The van der Waals surface area contributed by atoms with Crippen LogP contribution in [0.2, 0.25) is 0 Å². The maximum atomic E-state index is 12.2.